The van der Waals surface area contributed by atoms with Crippen molar-refractivity contribution in [3.63, 3.8) is 0 Å². The van der Waals surface area contributed by atoms with E-state index in [2.05, 4.69) is 9.97 Å². The van der Waals surface area contributed by atoms with E-state index in [1.54, 1.807) is 12.4 Å². The van der Waals surface area contributed by atoms with Gasteiger partial charge in [-0.3, -0.25) is 0 Å². The van der Waals surface area contributed by atoms with Crippen LogP contribution in [0.3, 0.4) is 0 Å². The third-order valence-electron chi connectivity index (χ3n) is 3.29. The molecule has 0 amide bonds. The molecule has 0 aromatic carbocycles. The number of carbonyl (C=O) groups excluding carboxylic acids is 1. The number of anilines is 1. The first kappa shape index (κ1) is 15.9. The molecule has 2 aromatic rings. The Morgan fingerprint density at radius 2 is 2.10 bits per heavy atom. The van der Waals surface area contributed by atoms with Crippen LogP contribution >= 0.6 is 0 Å². The molecule has 2 aromatic heterocycles. The number of rotatable bonds is 2. The normalized spacial score (nSPS) is 14.8. The smallest absolute Gasteiger partial charge is 0.123 e. The number of nitrogens with one attached hydrogen (secondary N) is 1. The summed E-state index contributed by atoms with van der Waals surface area (Å²) in [4.78, 5) is 31.9. The van der Waals surface area contributed by atoms with E-state index in [4.69, 9.17) is 12.6 Å². The van der Waals surface area contributed by atoms with Crippen molar-refractivity contribution in [2.45, 2.75) is 0 Å². The maximum absolute atomic E-state index is 12.0. The second-order valence-corrected chi connectivity index (χ2v) is 4.53. The molecule has 1 N–H and O–H groups in total. The fraction of sp³-hybridized carbons (Fsp3) is 0.308. The van der Waals surface area contributed by atoms with Crippen LogP contribution in [0.2, 0.25) is 0 Å². The van der Waals surface area contributed by atoms with Gasteiger partial charge >= 0.3 is 0 Å². The van der Waals surface area contributed by atoms with E-state index in [0.717, 1.165) is 0 Å². The molecule has 107 valence electrons. The fourth-order valence-corrected chi connectivity index (χ4v) is 2.26. The number of nitrogens with zero attached hydrogens (tertiary/aromatic N) is 2. The first-order valence-corrected chi connectivity index (χ1v) is 6.23. The Kier molecular flexibility index (Phi) is 4.94. The summed E-state index contributed by atoms with van der Waals surface area (Å²) in [6.45, 7) is 2.64. The number of aromatic nitrogens is 2. The largest absolute Gasteiger partial charge is 0.399 e. The molecule has 6 nitrogen and oxygen atoms in total. The number of hydrogen-bond acceptors (Lipinski definition) is 5. The summed E-state index contributed by atoms with van der Waals surface area (Å²) in [7, 11) is 5.98. The van der Waals surface area contributed by atoms with Crippen LogP contribution < -0.4 is 15.8 Å². The third-order valence-corrected chi connectivity index (χ3v) is 3.29. The van der Waals surface area contributed by atoms with Crippen LogP contribution in [-0.2, 0) is 30.0 Å². The molecule has 21 heavy (non-hydrogen) atoms. The zero-order valence-electron chi connectivity index (χ0n) is 11.1. The first-order chi connectivity index (χ1) is 9.70. The first-order valence-electron chi connectivity index (χ1n) is 6.23. The molecular weight excluding hydrogens is 443 g/mol. The van der Waals surface area contributed by atoms with Gasteiger partial charge in [-0.2, -0.15) is 0 Å². The zero-order chi connectivity index (χ0) is 14.1. The van der Waals surface area contributed by atoms with Crippen LogP contribution in [0.4, 0.5) is 5.82 Å². The van der Waals surface area contributed by atoms with E-state index < -0.39 is 5.43 Å². The second-order valence-electron chi connectivity index (χ2n) is 4.53. The molecule has 0 bridgehead atoms. The quantitative estimate of drug-likeness (QED) is 0.466. The van der Waals surface area contributed by atoms with Gasteiger partial charge in [0.2, 0.25) is 0 Å². The van der Waals surface area contributed by atoms with Crippen LogP contribution in [0.25, 0.3) is 11.0 Å². The minimum Gasteiger partial charge on any atom is -0.399 e. The molecule has 0 spiro atoms. The van der Waals surface area contributed by atoms with E-state index >= 15 is 0 Å². The van der Waals surface area contributed by atoms with Gasteiger partial charge in [0.15, 0.2) is 0 Å². The number of morpholine rings is 1. The number of aromatic amines is 1. The Labute approximate surface area is 135 Å². The zero-order valence-corrected chi connectivity index (χ0v) is 13.8. The van der Waals surface area contributed by atoms with Gasteiger partial charge in [0.05, 0.1) is 24.9 Å². The van der Waals surface area contributed by atoms with Crippen molar-refractivity contribution in [1.29, 1.82) is 0 Å². The summed E-state index contributed by atoms with van der Waals surface area (Å²) in [5.74, 6) is 0.624. The van der Waals surface area contributed by atoms with Crippen LogP contribution in [0.5, 0.6) is 0 Å². The number of fused-ring (bicyclic) bond motifs is 1. The van der Waals surface area contributed by atoms with E-state index in [1.807, 2.05) is 4.90 Å². The Bertz CT molecular complexity index is 728. The number of H-pyrrole nitrogens is 1. The molecule has 0 unspecified atom stereocenters. The van der Waals surface area contributed by atoms with Crippen molar-refractivity contribution in [3.05, 3.63) is 28.0 Å². The summed E-state index contributed by atoms with van der Waals surface area (Å²) in [5, 5.41) is 0.292. The SMILES string of the molecule is [B]c1cc2c(=O)c([C-]=O)c[nH]c2nc1N1CCOCC1.[Re]. The summed E-state index contributed by atoms with van der Waals surface area (Å²) >= 11 is 0. The van der Waals surface area contributed by atoms with Crippen molar-refractivity contribution >= 4 is 36.4 Å². The summed E-state index contributed by atoms with van der Waals surface area (Å²) in [5.41, 5.74) is 0.344. The second kappa shape index (κ2) is 6.52. The average Bonchev–Trinajstić information content (AvgIpc) is 2.49. The molecule has 1 aliphatic rings. The van der Waals surface area contributed by atoms with Crippen molar-refractivity contribution in [2.75, 3.05) is 31.2 Å². The minimum atomic E-state index is -0.415. The molecule has 0 aliphatic carbocycles. The Balaban J connectivity index is 0.00000161. The van der Waals surface area contributed by atoms with Gasteiger partial charge in [-0.15, -0.1) is 0 Å². The Hall–Kier alpha value is -1.48. The maximum atomic E-state index is 12.0. The van der Waals surface area contributed by atoms with Crippen LogP contribution in [0.1, 0.15) is 5.56 Å². The minimum absolute atomic E-state index is 0. The number of hydrogen-bond donors (Lipinski definition) is 1. The molecule has 1 fully saturated rings. The molecular formula is C13H11BN3O3Re-. The monoisotopic (exact) mass is 455 g/mol. The van der Waals surface area contributed by atoms with Crippen LogP contribution in [-0.4, -0.2) is 50.4 Å². The molecule has 1 aliphatic heterocycles. The van der Waals surface area contributed by atoms with Crippen molar-refractivity contribution < 1.29 is 30.0 Å². The molecule has 8 heteroatoms. The van der Waals surface area contributed by atoms with E-state index in [1.165, 1.54) is 6.20 Å². The third kappa shape index (κ3) is 2.93. The summed E-state index contributed by atoms with van der Waals surface area (Å²) in [6, 6.07) is 1.55. The van der Waals surface area contributed by atoms with Gasteiger partial charge in [0.1, 0.15) is 19.3 Å². The average molecular weight is 454 g/mol. The number of pyridine rings is 2. The summed E-state index contributed by atoms with van der Waals surface area (Å²) < 4.78 is 5.29. The Morgan fingerprint density at radius 1 is 1.38 bits per heavy atom. The summed E-state index contributed by atoms with van der Waals surface area (Å²) in [6.07, 6.45) is 2.91. The van der Waals surface area contributed by atoms with Gasteiger partial charge in [0.25, 0.3) is 0 Å². The molecule has 0 saturated carbocycles. The molecule has 3 heterocycles. The predicted molar refractivity (Wildman–Crippen MR) is 75.6 cm³/mol. The standard InChI is InChI=1S/C13H11BN3O3.Re/c14-10-5-9-11(19)8(7-18)6-15-12(9)16-13(10)17-1-3-20-4-2-17;/h5-6H,1-4H2,(H,15,16,19);/q-1;. The van der Waals surface area contributed by atoms with E-state index in [0.29, 0.717) is 48.6 Å². The molecule has 1 saturated heterocycles. The number of ether oxygens (including phenoxy) is 1. The van der Waals surface area contributed by atoms with E-state index in [9.17, 15) is 9.59 Å². The van der Waals surface area contributed by atoms with Gasteiger partial charge in [-0.25, -0.2) is 4.98 Å². The molecule has 3 rings (SSSR count). The van der Waals surface area contributed by atoms with Crippen molar-refractivity contribution in [2.24, 2.45) is 0 Å². The van der Waals surface area contributed by atoms with Gasteiger partial charge in [-0.1, -0.05) is 23.3 Å². The van der Waals surface area contributed by atoms with Gasteiger partial charge in [0, 0.05) is 38.9 Å². The predicted octanol–water partition coefficient (Wildman–Crippen LogP) is -0.991. The van der Waals surface area contributed by atoms with Crippen molar-refractivity contribution in [3.8, 4) is 0 Å². The Morgan fingerprint density at radius 3 is 2.76 bits per heavy atom. The van der Waals surface area contributed by atoms with Gasteiger partial charge < -0.3 is 24.2 Å². The van der Waals surface area contributed by atoms with Crippen molar-refractivity contribution in [1.82, 2.24) is 9.97 Å². The maximum Gasteiger partial charge on any atom is 0.123 e. The van der Waals surface area contributed by atoms with Crippen LogP contribution in [0.15, 0.2) is 17.1 Å². The van der Waals surface area contributed by atoms with Crippen LogP contribution in [0, 0.1) is 0 Å². The van der Waals surface area contributed by atoms with Gasteiger partial charge in [-0.05, 0) is 0 Å². The molecule has 3 radical (unpaired) electrons. The van der Waals surface area contributed by atoms with E-state index in [-0.39, 0.29) is 26.0 Å². The topological polar surface area (TPSA) is 75.3 Å². The fourth-order valence-electron chi connectivity index (χ4n) is 2.26. The molecule has 0 atom stereocenters.